The van der Waals surface area contributed by atoms with Gasteiger partial charge in [0.15, 0.2) is 0 Å². The van der Waals surface area contributed by atoms with Crippen molar-refractivity contribution in [2.24, 2.45) is 0 Å². The number of carboxylic acids is 1. The summed E-state index contributed by atoms with van der Waals surface area (Å²) in [5.74, 6) is 0.344. The lowest BCUT2D eigenvalue weighted by atomic mass is 10.0. The van der Waals surface area contributed by atoms with Crippen LogP contribution < -0.4 is 10.2 Å². The van der Waals surface area contributed by atoms with Crippen molar-refractivity contribution >= 4 is 23.4 Å². The summed E-state index contributed by atoms with van der Waals surface area (Å²) in [5, 5.41) is 12.3. The number of benzene rings is 2. The second-order valence-electron chi connectivity index (χ2n) is 6.93. The van der Waals surface area contributed by atoms with Gasteiger partial charge in [-0.05, 0) is 41.8 Å². The van der Waals surface area contributed by atoms with Crippen LogP contribution in [0, 0.1) is 0 Å². The molecule has 3 aromatic rings. The zero-order valence-corrected chi connectivity index (χ0v) is 16.1. The van der Waals surface area contributed by atoms with E-state index in [0.717, 1.165) is 30.9 Å². The van der Waals surface area contributed by atoms with E-state index in [1.807, 2.05) is 6.07 Å². The SMILES string of the molecule is COCc1cc(Nc2ccc(C(=O)O)cc2)nc(N2CCc3ccccc3C2)n1. The lowest BCUT2D eigenvalue weighted by molar-refractivity contribution is 0.0697. The molecule has 1 aliphatic rings. The van der Waals surface area contributed by atoms with Gasteiger partial charge in [0.1, 0.15) is 5.82 Å². The third kappa shape index (κ3) is 4.35. The van der Waals surface area contributed by atoms with Crippen molar-refractivity contribution in [3.63, 3.8) is 0 Å². The van der Waals surface area contributed by atoms with Crippen molar-refractivity contribution in [3.05, 3.63) is 77.0 Å². The fourth-order valence-corrected chi connectivity index (χ4v) is 3.42. The first-order chi connectivity index (χ1) is 14.1. The fraction of sp³-hybridized carbons (Fsp3) is 0.227. The minimum atomic E-state index is -0.950. The van der Waals surface area contributed by atoms with Gasteiger partial charge in [0.2, 0.25) is 5.95 Å². The van der Waals surface area contributed by atoms with Gasteiger partial charge in [0, 0.05) is 32.0 Å². The van der Waals surface area contributed by atoms with Crippen LogP contribution >= 0.6 is 0 Å². The number of methoxy groups -OCH3 is 1. The van der Waals surface area contributed by atoms with Crippen LogP contribution in [0.1, 0.15) is 27.2 Å². The molecule has 29 heavy (non-hydrogen) atoms. The zero-order chi connectivity index (χ0) is 20.2. The zero-order valence-electron chi connectivity index (χ0n) is 16.1. The maximum atomic E-state index is 11.0. The molecule has 0 amide bonds. The summed E-state index contributed by atoms with van der Waals surface area (Å²) in [6.07, 6.45) is 0.952. The highest BCUT2D eigenvalue weighted by atomic mass is 16.5. The molecule has 2 heterocycles. The number of rotatable bonds is 6. The molecule has 4 rings (SSSR count). The van der Waals surface area contributed by atoms with Gasteiger partial charge in [-0.2, -0.15) is 4.98 Å². The second kappa shape index (κ2) is 8.28. The van der Waals surface area contributed by atoms with Crippen LogP contribution in [0.4, 0.5) is 17.5 Å². The van der Waals surface area contributed by atoms with Crippen LogP contribution in [0.5, 0.6) is 0 Å². The van der Waals surface area contributed by atoms with E-state index in [-0.39, 0.29) is 5.56 Å². The van der Waals surface area contributed by atoms with E-state index in [9.17, 15) is 4.79 Å². The molecular weight excluding hydrogens is 368 g/mol. The Kier molecular flexibility index (Phi) is 5.39. The van der Waals surface area contributed by atoms with E-state index < -0.39 is 5.97 Å². The van der Waals surface area contributed by atoms with Gasteiger partial charge < -0.3 is 20.1 Å². The lowest BCUT2D eigenvalue weighted by Crippen LogP contribution is -2.32. The summed E-state index contributed by atoms with van der Waals surface area (Å²) in [6.45, 7) is 1.99. The predicted molar refractivity (Wildman–Crippen MR) is 111 cm³/mol. The third-order valence-corrected chi connectivity index (χ3v) is 4.88. The molecule has 2 aromatic carbocycles. The van der Waals surface area contributed by atoms with E-state index in [2.05, 4.69) is 39.5 Å². The Labute approximate surface area is 169 Å². The van der Waals surface area contributed by atoms with Crippen LogP contribution in [0.25, 0.3) is 0 Å². The molecule has 0 aliphatic carbocycles. The van der Waals surface area contributed by atoms with Crippen molar-refractivity contribution in [2.45, 2.75) is 19.6 Å². The molecule has 0 bridgehead atoms. The van der Waals surface area contributed by atoms with Gasteiger partial charge in [-0.15, -0.1) is 0 Å². The number of hydrogen-bond acceptors (Lipinski definition) is 6. The van der Waals surface area contributed by atoms with E-state index >= 15 is 0 Å². The number of anilines is 3. The molecule has 0 unspecified atom stereocenters. The first-order valence-corrected chi connectivity index (χ1v) is 9.41. The summed E-state index contributed by atoms with van der Waals surface area (Å²) in [5.41, 5.74) is 4.44. The Morgan fingerprint density at radius 1 is 1.14 bits per heavy atom. The van der Waals surface area contributed by atoms with Crippen LogP contribution in [-0.2, 0) is 24.3 Å². The van der Waals surface area contributed by atoms with E-state index in [4.69, 9.17) is 14.8 Å². The number of aromatic nitrogens is 2. The molecule has 2 N–H and O–H groups in total. The molecule has 0 spiro atoms. The molecule has 148 valence electrons. The summed E-state index contributed by atoms with van der Waals surface area (Å²) < 4.78 is 5.27. The summed E-state index contributed by atoms with van der Waals surface area (Å²) in [6, 6.07) is 16.8. The molecule has 1 aromatic heterocycles. The number of fused-ring (bicyclic) bond motifs is 1. The number of ether oxygens (including phenoxy) is 1. The van der Waals surface area contributed by atoms with Crippen molar-refractivity contribution in [3.8, 4) is 0 Å². The normalized spacial score (nSPS) is 13.1. The molecule has 7 nitrogen and oxygen atoms in total. The summed E-state index contributed by atoms with van der Waals surface area (Å²) in [7, 11) is 1.64. The Morgan fingerprint density at radius 3 is 2.62 bits per heavy atom. The minimum Gasteiger partial charge on any atom is -0.478 e. The van der Waals surface area contributed by atoms with Crippen LogP contribution in [0.2, 0.25) is 0 Å². The van der Waals surface area contributed by atoms with Crippen molar-refractivity contribution in [1.29, 1.82) is 0 Å². The van der Waals surface area contributed by atoms with Crippen LogP contribution in [-0.4, -0.2) is 34.7 Å². The Bertz CT molecular complexity index is 1020. The van der Waals surface area contributed by atoms with Gasteiger partial charge in [0.05, 0.1) is 17.9 Å². The maximum Gasteiger partial charge on any atom is 0.335 e. The number of nitrogens with zero attached hydrogens (tertiary/aromatic N) is 3. The molecule has 0 saturated heterocycles. The van der Waals surface area contributed by atoms with Crippen molar-refractivity contribution in [1.82, 2.24) is 9.97 Å². The first-order valence-electron chi connectivity index (χ1n) is 9.41. The van der Waals surface area contributed by atoms with Crippen LogP contribution in [0.15, 0.2) is 54.6 Å². The van der Waals surface area contributed by atoms with Gasteiger partial charge in [0.25, 0.3) is 0 Å². The highest BCUT2D eigenvalue weighted by Gasteiger charge is 2.19. The molecular formula is C22H22N4O3. The lowest BCUT2D eigenvalue weighted by Gasteiger charge is -2.29. The fourth-order valence-electron chi connectivity index (χ4n) is 3.42. The van der Waals surface area contributed by atoms with E-state index in [1.54, 1.807) is 31.4 Å². The smallest absolute Gasteiger partial charge is 0.335 e. The molecule has 7 heteroatoms. The minimum absolute atomic E-state index is 0.242. The summed E-state index contributed by atoms with van der Waals surface area (Å²) >= 11 is 0. The first kappa shape index (κ1) is 18.9. The van der Waals surface area contributed by atoms with Crippen LogP contribution in [0.3, 0.4) is 0 Å². The maximum absolute atomic E-state index is 11.0. The molecule has 1 aliphatic heterocycles. The van der Waals surface area contributed by atoms with Gasteiger partial charge >= 0.3 is 5.97 Å². The predicted octanol–water partition coefficient (Wildman–Crippen LogP) is 3.63. The van der Waals surface area contributed by atoms with E-state index in [1.165, 1.54) is 11.1 Å². The number of carboxylic acid groups (broad SMARTS) is 1. The number of hydrogen-bond donors (Lipinski definition) is 2. The van der Waals surface area contributed by atoms with Gasteiger partial charge in [-0.25, -0.2) is 9.78 Å². The largest absolute Gasteiger partial charge is 0.478 e. The molecule has 0 fully saturated rings. The standard InChI is InChI=1S/C22H22N4O3/c1-29-14-19-12-20(23-18-8-6-16(7-9-18)21(27)28)25-22(24-19)26-11-10-15-4-2-3-5-17(15)13-26/h2-9,12H,10-11,13-14H2,1H3,(H,27,28)(H,23,24,25). The monoisotopic (exact) mass is 390 g/mol. The van der Waals surface area contributed by atoms with E-state index in [0.29, 0.717) is 18.4 Å². The second-order valence-corrected chi connectivity index (χ2v) is 6.93. The topological polar surface area (TPSA) is 87.6 Å². The number of carbonyl (C=O) groups is 1. The quantitative estimate of drug-likeness (QED) is 0.664. The molecule has 0 radical (unpaired) electrons. The Balaban J connectivity index is 1.60. The van der Waals surface area contributed by atoms with Crippen molar-refractivity contribution in [2.75, 3.05) is 23.9 Å². The Hall–Kier alpha value is -3.45. The molecule has 0 atom stereocenters. The number of nitrogens with one attached hydrogen (secondary N) is 1. The highest BCUT2D eigenvalue weighted by Crippen LogP contribution is 2.25. The van der Waals surface area contributed by atoms with Gasteiger partial charge in [-0.1, -0.05) is 24.3 Å². The average molecular weight is 390 g/mol. The average Bonchev–Trinajstić information content (AvgIpc) is 2.74. The summed E-state index contributed by atoms with van der Waals surface area (Å²) in [4.78, 5) is 22.6. The highest BCUT2D eigenvalue weighted by molar-refractivity contribution is 5.88. The third-order valence-electron chi connectivity index (χ3n) is 4.88. The Morgan fingerprint density at radius 2 is 1.90 bits per heavy atom. The number of aromatic carboxylic acids is 1. The molecule has 0 saturated carbocycles. The van der Waals surface area contributed by atoms with Gasteiger partial charge in [-0.3, -0.25) is 0 Å². The van der Waals surface area contributed by atoms with Crippen molar-refractivity contribution < 1.29 is 14.6 Å².